The van der Waals surface area contributed by atoms with Crippen LogP contribution in [0.3, 0.4) is 0 Å². The molecule has 0 unspecified atom stereocenters. The van der Waals surface area contributed by atoms with Gasteiger partial charge in [-0.15, -0.1) is 6.07 Å². The summed E-state index contributed by atoms with van der Waals surface area (Å²) in [4.78, 5) is 2.33. The van der Waals surface area contributed by atoms with Crippen molar-refractivity contribution in [1.29, 1.82) is 0 Å². The van der Waals surface area contributed by atoms with Gasteiger partial charge in [-0.1, -0.05) is 19.5 Å². The summed E-state index contributed by atoms with van der Waals surface area (Å²) >= 11 is 0. The van der Waals surface area contributed by atoms with E-state index in [1.807, 2.05) is 6.07 Å². The van der Waals surface area contributed by atoms with Crippen LogP contribution in [0.2, 0.25) is 0 Å². The SMILES string of the molecule is CCN(CC)c1[c-]ccc(C(C)C)c1.[Li+]. The Balaban J connectivity index is 0.00000196. The van der Waals surface area contributed by atoms with Crippen LogP contribution >= 0.6 is 0 Å². The van der Waals surface area contributed by atoms with Crippen LogP contribution in [0.4, 0.5) is 5.69 Å². The zero-order valence-electron chi connectivity index (χ0n) is 10.7. The molecule has 0 amide bonds. The number of hydrogen-bond acceptors (Lipinski definition) is 1. The van der Waals surface area contributed by atoms with Gasteiger partial charge in [0.1, 0.15) is 0 Å². The molecule has 1 aromatic rings. The monoisotopic (exact) mass is 197 g/mol. The van der Waals surface area contributed by atoms with Crippen molar-refractivity contribution < 1.29 is 18.9 Å². The number of hydrogen-bond donors (Lipinski definition) is 0. The molecule has 0 aliphatic carbocycles. The molecule has 1 nitrogen and oxygen atoms in total. The first-order valence-electron chi connectivity index (χ1n) is 5.45. The van der Waals surface area contributed by atoms with Gasteiger partial charge in [-0.05, 0) is 19.8 Å². The zero-order valence-corrected chi connectivity index (χ0v) is 10.7. The minimum absolute atomic E-state index is 0. The van der Waals surface area contributed by atoms with E-state index in [1.54, 1.807) is 0 Å². The maximum Gasteiger partial charge on any atom is 1.00 e. The van der Waals surface area contributed by atoms with E-state index in [-0.39, 0.29) is 18.9 Å². The zero-order chi connectivity index (χ0) is 10.6. The molecule has 0 aromatic heterocycles. The molecule has 2 heteroatoms. The van der Waals surface area contributed by atoms with Gasteiger partial charge in [-0.25, -0.2) is 0 Å². The van der Waals surface area contributed by atoms with Gasteiger partial charge in [-0.3, -0.25) is 0 Å². The van der Waals surface area contributed by atoms with E-state index in [9.17, 15) is 0 Å². The van der Waals surface area contributed by atoms with Crippen molar-refractivity contribution in [3.8, 4) is 0 Å². The van der Waals surface area contributed by atoms with Crippen LogP contribution in [0.25, 0.3) is 0 Å². The second-order valence-electron chi connectivity index (χ2n) is 3.83. The molecule has 0 fully saturated rings. The smallest absolute Gasteiger partial charge is 0.394 e. The molecule has 0 aliphatic rings. The van der Waals surface area contributed by atoms with Gasteiger partial charge in [0.25, 0.3) is 0 Å². The van der Waals surface area contributed by atoms with E-state index < -0.39 is 0 Å². The third-order valence-electron chi connectivity index (χ3n) is 2.58. The molecular weight excluding hydrogens is 177 g/mol. The van der Waals surface area contributed by atoms with Crippen molar-refractivity contribution in [3.05, 3.63) is 29.8 Å². The van der Waals surface area contributed by atoms with E-state index in [4.69, 9.17) is 0 Å². The third kappa shape index (κ3) is 3.93. The van der Waals surface area contributed by atoms with E-state index in [0.717, 1.165) is 13.1 Å². The van der Waals surface area contributed by atoms with E-state index >= 15 is 0 Å². The second-order valence-corrected chi connectivity index (χ2v) is 3.83. The molecule has 0 heterocycles. The van der Waals surface area contributed by atoms with Crippen molar-refractivity contribution in [1.82, 2.24) is 0 Å². The normalized spacial score (nSPS) is 9.93. The van der Waals surface area contributed by atoms with Gasteiger partial charge >= 0.3 is 18.9 Å². The van der Waals surface area contributed by atoms with Gasteiger partial charge in [-0.2, -0.15) is 23.8 Å². The van der Waals surface area contributed by atoms with Crippen LogP contribution < -0.4 is 23.8 Å². The van der Waals surface area contributed by atoms with Gasteiger partial charge in [0.2, 0.25) is 0 Å². The summed E-state index contributed by atoms with van der Waals surface area (Å²) in [6, 6.07) is 9.72. The van der Waals surface area contributed by atoms with Crippen molar-refractivity contribution in [2.75, 3.05) is 18.0 Å². The summed E-state index contributed by atoms with van der Waals surface area (Å²) in [5.41, 5.74) is 2.62. The fourth-order valence-corrected chi connectivity index (χ4v) is 1.58. The Morgan fingerprint density at radius 2 is 1.87 bits per heavy atom. The largest absolute Gasteiger partial charge is 1.00 e. The Morgan fingerprint density at radius 3 is 2.33 bits per heavy atom. The predicted octanol–water partition coefficient (Wildman–Crippen LogP) is 0.460. The molecule has 0 radical (unpaired) electrons. The first-order chi connectivity index (χ1) is 6.69. The van der Waals surface area contributed by atoms with E-state index in [2.05, 4.69) is 50.8 Å². The van der Waals surface area contributed by atoms with Crippen LogP contribution in [-0.4, -0.2) is 13.1 Å². The van der Waals surface area contributed by atoms with Crippen LogP contribution in [0, 0.1) is 6.07 Å². The molecular formula is C13H20LiN. The summed E-state index contributed by atoms with van der Waals surface area (Å²) in [6.07, 6.45) is 0. The molecule has 0 bridgehead atoms. The van der Waals surface area contributed by atoms with Crippen LogP contribution in [0.15, 0.2) is 18.2 Å². The molecule has 0 saturated carbocycles. The van der Waals surface area contributed by atoms with Gasteiger partial charge in [0.15, 0.2) is 0 Å². The Kier molecular flexibility index (Phi) is 6.81. The molecule has 1 rings (SSSR count). The summed E-state index contributed by atoms with van der Waals surface area (Å²) in [6.45, 7) is 10.9. The minimum atomic E-state index is 0. The Bertz CT molecular complexity index is 280. The molecule has 0 aliphatic heterocycles. The van der Waals surface area contributed by atoms with E-state index in [0.29, 0.717) is 5.92 Å². The Morgan fingerprint density at radius 1 is 1.27 bits per heavy atom. The number of rotatable bonds is 4. The average Bonchev–Trinajstić information content (AvgIpc) is 2.20. The predicted molar refractivity (Wildman–Crippen MR) is 62.9 cm³/mol. The standard InChI is InChI=1S/C13H20N.Li/c1-5-14(6-2)13-9-7-8-12(10-13)11(3)4;/h7-8,10-11H,5-6H2,1-4H3;/q-1;+1. The maximum atomic E-state index is 3.29. The molecule has 78 valence electrons. The molecule has 15 heavy (non-hydrogen) atoms. The van der Waals surface area contributed by atoms with Crippen molar-refractivity contribution >= 4 is 5.69 Å². The van der Waals surface area contributed by atoms with Gasteiger partial charge in [0.05, 0.1) is 0 Å². The van der Waals surface area contributed by atoms with Gasteiger partial charge < -0.3 is 4.90 Å². The van der Waals surface area contributed by atoms with Crippen molar-refractivity contribution in [2.24, 2.45) is 0 Å². The van der Waals surface area contributed by atoms with Crippen LogP contribution in [-0.2, 0) is 0 Å². The molecule has 0 N–H and O–H groups in total. The second kappa shape index (κ2) is 6.98. The van der Waals surface area contributed by atoms with Crippen molar-refractivity contribution in [3.63, 3.8) is 0 Å². The molecule has 0 spiro atoms. The quantitative estimate of drug-likeness (QED) is 0.501. The summed E-state index contributed by atoms with van der Waals surface area (Å²) in [7, 11) is 0. The summed E-state index contributed by atoms with van der Waals surface area (Å²) in [5.74, 6) is 0.596. The van der Waals surface area contributed by atoms with Crippen molar-refractivity contribution in [2.45, 2.75) is 33.6 Å². The maximum absolute atomic E-state index is 3.29. The fourth-order valence-electron chi connectivity index (χ4n) is 1.58. The summed E-state index contributed by atoms with van der Waals surface area (Å²) < 4.78 is 0. The average molecular weight is 197 g/mol. The fraction of sp³-hybridized carbons (Fsp3) is 0.538. The molecule has 0 saturated heterocycles. The number of benzene rings is 1. The van der Waals surface area contributed by atoms with E-state index in [1.165, 1.54) is 11.3 Å². The van der Waals surface area contributed by atoms with Crippen LogP contribution in [0.5, 0.6) is 0 Å². The Hall–Kier alpha value is -0.383. The van der Waals surface area contributed by atoms with Crippen LogP contribution in [0.1, 0.15) is 39.2 Å². The first kappa shape index (κ1) is 14.6. The number of nitrogens with zero attached hydrogens (tertiary/aromatic N) is 1. The first-order valence-corrected chi connectivity index (χ1v) is 5.45. The number of anilines is 1. The molecule has 1 aromatic carbocycles. The Labute approximate surface area is 106 Å². The topological polar surface area (TPSA) is 3.24 Å². The third-order valence-corrected chi connectivity index (χ3v) is 2.58. The minimum Gasteiger partial charge on any atom is -0.394 e. The summed E-state index contributed by atoms with van der Waals surface area (Å²) in [5, 5.41) is 0. The van der Waals surface area contributed by atoms with Gasteiger partial charge in [0, 0.05) is 13.1 Å². The molecule has 0 atom stereocenters.